The summed E-state index contributed by atoms with van der Waals surface area (Å²) in [5.41, 5.74) is 7.52. The van der Waals surface area contributed by atoms with E-state index in [-0.39, 0.29) is 0 Å². The van der Waals surface area contributed by atoms with Crippen LogP contribution in [-0.4, -0.2) is 19.6 Å². The van der Waals surface area contributed by atoms with Crippen molar-refractivity contribution in [1.29, 1.82) is 0 Å². The van der Waals surface area contributed by atoms with Gasteiger partial charge in [-0.1, -0.05) is 0 Å². The lowest BCUT2D eigenvalue weighted by molar-refractivity contribution is 0.0527. The highest BCUT2D eigenvalue weighted by atomic mass is 16.5. The molecule has 0 unspecified atom stereocenters. The average molecular weight is 288 g/mol. The number of furan rings is 1. The molecule has 0 amide bonds. The number of aryl methyl sites for hydroxylation is 1. The van der Waals surface area contributed by atoms with Gasteiger partial charge < -0.3 is 19.8 Å². The number of hydrogen-bond donors (Lipinski definition) is 1. The summed E-state index contributed by atoms with van der Waals surface area (Å²) >= 11 is 0. The van der Waals surface area contributed by atoms with Gasteiger partial charge in [0.05, 0.1) is 18.7 Å². The van der Waals surface area contributed by atoms with Crippen LogP contribution in [0.2, 0.25) is 0 Å². The Labute approximate surface area is 124 Å². The summed E-state index contributed by atoms with van der Waals surface area (Å²) in [5, 5.41) is 0. The summed E-state index contributed by atoms with van der Waals surface area (Å²) in [5.74, 6) is 1.34. The van der Waals surface area contributed by atoms with Gasteiger partial charge in [-0.2, -0.15) is 0 Å². The first-order valence-corrected chi connectivity index (χ1v) is 6.84. The molecule has 1 aromatic carbocycles. The van der Waals surface area contributed by atoms with Crippen molar-refractivity contribution in [2.75, 3.05) is 24.3 Å². The number of hydrogen-bond acceptors (Lipinski definition) is 5. The molecule has 0 radical (unpaired) electrons. The van der Waals surface area contributed by atoms with E-state index in [0.717, 1.165) is 17.2 Å². The lowest BCUT2D eigenvalue weighted by Gasteiger charge is -2.19. The Morgan fingerprint density at radius 3 is 2.71 bits per heavy atom. The van der Waals surface area contributed by atoms with Gasteiger partial charge in [-0.05, 0) is 44.2 Å². The fraction of sp³-hybridized carbons (Fsp3) is 0.312. The van der Waals surface area contributed by atoms with E-state index in [4.69, 9.17) is 14.9 Å². The predicted molar refractivity (Wildman–Crippen MR) is 82.4 cm³/mol. The normalized spacial score (nSPS) is 10.4. The Kier molecular flexibility index (Phi) is 4.52. The molecular weight excluding hydrogens is 268 g/mol. The molecule has 0 bridgehead atoms. The number of anilines is 2. The molecule has 0 aliphatic heterocycles. The Bertz CT molecular complexity index is 634. The highest BCUT2D eigenvalue weighted by Crippen LogP contribution is 2.23. The van der Waals surface area contributed by atoms with Gasteiger partial charge in [0.25, 0.3) is 0 Å². The first kappa shape index (κ1) is 15.0. The molecule has 0 fully saturated rings. The molecule has 0 aliphatic carbocycles. The van der Waals surface area contributed by atoms with Crippen LogP contribution in [0.3, 0.4) is 0 Å². The van der Waals surface area contributed by atoms with Crippen LogP contribution in [0.4, 0.5) is 11.4 Å². The number of carbonyl (C=O) groups is 1. The fourth-order valence-corrected chi connectivity index (χ4v) is 2.06. The highest BCUT2D eigenvalue weighted by Gasteiger charge is 2.13. The first-order chi connectivity index (χ1) is 10.0. The van der Waals surface area contributed by atoms with Crippen LogP contribution in [0.5, 0.6) is 0 Å². The summed E-state index contributed by atoms with van der Waals surface area (Å²) in [6, 6.07) is 9.19. The molecule has 1 aromatic heterocycles. The maximum absolute atomic E-state index is 11.9. The quantitative estimate of drug-likeness (QED) is 0.676. The van der Waals surface area contributed by atoms with Crippen LogP contribution in [0.15, 0.2) is 34.7 Å². The van der Waals surface area contributed by atoms with Gasteiger partial charge in [0.2, 0.25) is 0 Å². The molecule has 2 rings (SSSR count). The Hall–Kier alpha value is -2.43. The second-order valence-electron chi connectivity index (χ2n) is 4.86. The molecule has 0 saturated heterocycles. The van der Waals surface area contributed by atoms with Crippen molar-refractivity contribution in [2.24, 2.45) is 0 Å². The number of nitrogen functional groups attached to an aromatic ring is 1. The van der Waals surface area contributed by atoms with Crippen LogP contribution in [-0.2, 0) is 11.3 Å². The highest BCUT2D eigenvalue weighted by molar-refractivity contribution is 5.96. The van der Waals surface area contributed by atoms with Crippen molar-refractivity contribution in [3.05, 3.63) is 47.4 Å². The number of nitrogens with two attached hydrogens (primary N) is 1. The van der Waals surface area contributed by atoms with Crippen LogP contribution in [0.1, 0.15) is 28.8 Å². The molecule has 112 valence electrons. The van der Waals surface area contributed by atoms with Crippen LogP contribution >= 0.6 is 0 Å². The lowest BCUT2D eigenvalue weighted by Crippen LogP contribution is -2.17. The molecule has 2 N–H and O–H groups in total. The number of benzene rings is 1. The van der Waals surface area contributed by atoms with Gasteiger partial charge in [-0.25, -0.2) is 4.79 Å². The van der Waals surface area contributed by atoms with Crippen molar-refractivity contribution in [1.82, 2.24) is 0 Å². The summed E-state index contributed by atoms with van der Waals surface area (Å²) in [6.45, 7) is 4.61. The Morgan fingerprint density at radius 2 is 2.10 bits per heavy atom. The number of nitrogens with zero attached hydrogens (tertiary/aromatic N) is 1. The zero-order valence-electron chi connectivity index (χ0n) is 12.6. The SMILES string of the molecule is CCOC(=O)c1cc(N(C)Cc2ccc(C)o2)ccc1N. The monoisotopic (exact) mass is 288 g/mol. The van der Waals surface area contributed by atoms with E-state index >= 15 is 0 Å². The summed E-state index contributed by atoms with van der Waals surface area (Å²) in [7, 11) is 1.93. The van der Waals surface area contributed by atoms with E-state index < -0.39 is 5.97 Å². The van der Waals surface area contributed by atoms with Gasteiger partial charge >= 0.3 is 5.97 Å². The largest absolute Gasteiger partial charge is 0.464 e. The summed E-state index contributed by atoms with van der Waals surface area (Å²) < 4.78 is 10.6. The third-order valence-corrected chi connectivity index (χ3v) is 3.16. The molecule has 0 saturated carbocycles. The van der Waals surface area contributed by atoms with E-state index in [0.29, 0.717) is 24.4 Å². The molecule has 0 spiro atoms. The number of esters is 1. The maximum atomic E-state index is 11.9. The second kappa shape index (κ2) is 6.35. The first-order valence-electron chi connectivity index (χ1n) is 6.84. The molecule has 5 heteroatoms. The molecular formula is C16H20N2O3. The molecule has 2 aromatic rings. The third kappa shape index (κ3) is 3.56. The predicted octanol–water partition coefficient (Wildman–Crippen LogP) is 2.98. The molecule has 21 heavy (non-hydrogen) atoms. The fourth-order valence-electron chi connectivity index (χ4n) is 2.06. The van der Waals surface area contributed by atoms with Gasteiger partial charge in [0, 0.05) is 18.4 Å². The number of ether oxygens (including phenoxy) is 1. The van der Waals surface area contributed by atoms with E-state index in [9.17, 15) is 4.79 Å². The maximum Gasteiger partial charge on any atom is 0.340 e. The smallest absolute Gasteiger partial charge is 0.340 e. The van der Waals surface area contributed by atoms with E-state index in [1.54, 1.807) is 19.1 Å². The Balaban J connectivity index is 2.19. The van der Waals surface area contributed by atoms with Gasteiger partial charge in [-0.15, -0.1) is 0 Å². The topological polar surface area (TPSA) is 68.7 Å². The Morgan fingerprint density at radius 1 is 1.33 bits per heavy atom. The number of rotatable bonds is 5. The zero-order valence-corrected chi connectivity index (χ0v) is 12.6. The average Bonchev–Trinajstić information content (AvgIpc) is 2.84. The van der Waals surface area contributed by atoms with E-state index in [2.05, 4.69) is 0 Å². The van der Waals surface area contributed by atoms with Crippen LogP contribution in [0.25, 0.3) is 0 Å². The van der Waals surface area contributed by atoms with Crippen LogP contribution < -0.4 is 10.6 Å². The van der Waals surface area contributed by atoms with Crippen LogP contribution in [0, 0.1) is 6.92 Å². The standard InChI is InChI=1S/C16H20N2O3/c1-4-20-16(19)14-9-12(6-8-15(14)17)18(3)10-13-7-5-11(2)21-13/h5-9H,4,10,17H2,1-3H3. The summed E-state index contributed by atoms with van der Waals surface area (Å²) in [4.78, 5) is 13.8. The molecule has 1 heterocycles. The minimum absolute atomic E-state index is 0.323. The lowest BCUT2D eigenvalue weighted by atomic mass is 10.1. The number of carbonyl (C=O) groups excluding carboxylic acids is 1. The van der Waals surface area contributed by atoms with Gasteiger partial charge in [-0.3, -0.25) is 0 Å². The molecule has 0 aliphatic rings. The van der Waals surface area contributed by atoms with Crippen molar-refractivity contribution in [2.45, 2.75) is 20.4 Å². The zero-order chi connectivity index (χ0) is 15.4. The third-order valence-electron chi connectivity index (χ3n) is 3.16. The molecule has 5 nitrogen and oxygen atoms in total. The minimum Gasteiger partial charge on any atom is -0.464 e. The summed E-state index contributed by atoms with van der Waals surface area (Å²) in [6.07, 6.45) is 0. The van der Waals surface area contributed by atoms with E-state index in [1.165, 1.54) is 0 Å². The van der Waals surface area contributed by atoms with Gasteiger partial charge in [0.1, 0.15) is 11.5 Å². The minimum atomic E-state index is -0.404. The van der Waals surface area contributed by atoms with Gasteiger partial charge in [0.15, 0.2) is 0 Å². The molecule has 0 atom stereocenters. The van der Waals surface area contributed by atoms with Crippen molar-refractivity contribution < 1.29 is 13.9 Å². The van der Waals surface area contributed by atoms with Crippen molar-refractivity contribution >= 4 is 17.3 Å². The second-order valence-corrected chi connectivity index (χ2v) is 4.86. The van der Waals surface area contributed by atoms with Crippen molar-refractivity contribution in [3.8, 4) is 0 Å². The van der Waals surface area contributed by atoms with E-state index in [1.807, 2.05) is 37.1 Å². The van der Waals surface area contributed by atoms with Crippen molar-refractivity contribution in [3.63, 3.8) is 0 Å².